The molecule has 1 aliphatic carbocycles. The van der Waals surface area contributed by atoms with Crippen LogP contribution in [-0.4, -0.2) is 40.9 Å². The van der Waals surface area contributed by atoms with Crippen molar-refractivity contribution in [1.29, 1.82) is 0 Å². The van der Waals surface area contributed by atoms with Crippen molar-refractivity contribution in [3.05, 3.63) is 59.7 Å². The molecule has 1 aliphatic heterocycles. The van der Waals surface area contributed by atoms with Crippen molar-refractivity contribution >= 4 is 0 Å². The molecule has 1 heterocycles. The molecule has 27 heavy (non-hydrogen) atoms. The van der Waals surface area contributed by atoms with Crippen LogP contribution in [0, 0.1) is 23.5 Å². The molecule has 0 radical (unpaired) electrons. The molecule has 2 fully saturated rings. The van der Waals surface area contributed by atoms with Crippen molar-refractivity contribution in [3.63, 3.8) is 0 Å². The third-order valence-electron chi connectivity index (χ3n) is 5.68. The fourth-order valence-corrected chi connectivity index (χ4v) is 4.41. The van der Waals surface area contributed by atoms with Gasteiger partial charge >= 0.3 is 0 Å². The van der Waals surface area contributed by atoms with Gasteiger partial charge in [0.25, 0.3) is 0 Å². The number of phenols is 1. The van der Waals surface area contributed by atoms with Crippen LogP contribution in [0.3, 0.4) is 0 Å². The van der Waals surface area contributed by atoms with E-state index in [1.54, 1.807) is 0 Å². The van der Waals surface area contributed by atoms with Gasteiger partial charge in [-0.15, -0.1) is 0 Å². The van der Waals surface area contributed by atoms with Crippen LogP contribution in [0.15, 0.2) is 42.5 Å². The van der Waals surface area contributed by atoms with Gasteiger partial charge in [0.2, 0.25) is 0 Å². The molecule has 0 amide bonds. The number of para-hydroxylation sites is 1. The van der Waals surface area contributed by atoms with Crippen LogP contribution in [0.25, 0.3) is 0 Å². The Hall–Kier alpha value is -2.18. The van der Waals surface area contributed by atoms with Gasteiger partial charge in [0, 0.05) is 19.6 Å². The Kier molecular flexibility index (Phi) is 5.02. The summed E-state index contributed by atoms with van der Waals surface area (Å²) >= 11 is 0. The van der Waals surface area contributed by atoms with Crippen LogP contribution in [0.2, 0.25) is 0 Å². The average Bonchev–Trinajstić information content (AvgIpc) is 3.17. The van der Waals surface area contributed by atoms with E-state index in [4.69, 9.17) is 4.74 Å². The van der Waals surface area contributed by atoms with E-state index in [9.17, 15) is 19.0 Å². The number of aliphatic hydroxyl groups is 1. The first kappa shape index (κ1) is 18.2. The second-order valence-electron chi connectivity index (χ2n) is 7.61. The third-order valence-corrected chi connectivity index (χ3v) is 5.68. The number of benzene rings is 2. The first-order valence-corrected chi connectivity index (χ1v) is 9.29. The van der Waals surface area contributed by atoms with Crippen molar-refractivity contribution in [2.45, 2.75) is 25.0 Å². The van der Waals surface area contributed by atoms with E-state index in [1.165, 1.54) is 0 Å². The quantitative estimate of drug-likeness (QED) is 0.840. The molecule has 2 aromatic carbocycles. The molecule has 2 N–H and O–H groups in total. The third kappa shape index (κ3) is 3.92. The zero-order valence-electron chi connectivity index (χ0n) is 14.9. The molecule has 0 aromatic heterocycles. The van der Waals surface area contributed by atoms with E-state index < -0.39 is 23.5 Å². The van der Waals surface area contributed by atoms with Crippen LogP contribution >= 0.6 is 0 Å². The maximum Gasteiger partial charge on any atom is 0.187 e. The fraction of sp³-hybridized carbons (Fsp3) is 0.429. The summed E-state index contributed by atoms with van der Waals surface area (Å²) in [6, 6.07) is 11.8. The van der Waals surface area contributed by atoms with E-state index in [2.05, 4.69) is 4.90 Å². The van der Waals surface area contributed by atoms with Gasteiger partial charge in [0.1, 0.15) is 5.75 Å². The SMILES string of the molecule is Oc1c(F)cc([C@H](O)CN2C[C@H]3CC(Oc4ccccc4)C[C@H]3C2)cc1F. The molecule has 1 saturated carbocycles. The van der Waals surface area contributed by atoms with Crippen molar-refractivity contribution in [3.8, 4) is 11.5 Å². The molecule has 4 rings (SSSR count). The molecule has 4 nitrogen and oxygen atoms in total. The molecule has 6 heteroatoms. The summed E-state index contributed by atoms with van der Waals surface area (Å²) in [6.45, 7) is 2.01. The first-order valence-electron chi connectivity index (χ1n) is 9.29. The molecule has 2 aromatic rings. The van der Waals surface area contributed by atoms with Crippen LogP contribution < -0.4 is 4.74 Å². The Labute approximate surface area is 157 Å². The van der Waals surface area contributed by atoms with Gasteiger partial charge in [-0.3, -0.25) is 4.90 Å². The molecule has 0 spiro atoms. The maximum absolute atomic E-state index is 13.5. The van der Waals surface area contributed by atoms with E-state index in [0.29, 0.717) is 18.4 Å². The fourth-order valence-electron chi connectivity index (χ4n) is 4.41. The van der Waals surface area contributed by atoms with Crippen molar-refractivity contribution in [2.24, 2.45) is 11.8 Å². The van der Waals surface area contributed by atoms with Crippen molar-refractivity contribution in [1.82, 2.24) is 4.90 Å². The number of rotatable bonds is 5. The molecule has 4 atom stereocenters. The topological polar surface area (TPSA) is 52.9 Å². The van der Waals surface area contributed by atoms with Gasteiger partial charge in [-0.1, -0.05) is 18.2 Å². The van der Waals surface area contributed by atoms with E-state index in [0.717, 1.165) is 43.8 Å². The minimum Gasteiger partial charge on any atom is -0.503 e. The summed E-state index contributed by atoms with van der Waals surface area (Å²) in [5.74, 6) is -1.19. The standard InChI is InChI=1S/C21H23F2NO3/c22-18-8-13(9-19(23)21(18)26)20(25)12-24-10-14-6-17(7-15(14)11-24)27-16-4-2-1-3-5-16/h1-5,8-9,14-15,17,20,25-26H,6-7,10-12H2/t14-,15+,17?,20-/m1/s1. The lowest BCUT2D eigenvalue weighted by Crippen LogP contribution is -2.29. The normalized spacial score (nSPS) is 26.1. The Morgan fingerprint density at radius 3 is 2.22 bits per heavy atom. The molecule has 1 unspecified atom stereocenters. The predicted molar refractivity (Wildman–Crippen MR) is 96.5 cm³/mol. The van der Waals surface area contributed by atoms with Crippen LogP contribution in [0.4, 0.5) is 8.78 Å². The van der Waals surface area contributed by atoms with Crippen LogP contribution in [0.5, 0.6) is 11.5 Å². The van der Waals surface area contributed by atoms with Gasteiger partial charge in [-0.05, 0) is 54.5 Å². The summed E-state index contributed by atoms with van der Waals surface area (Å²) < 4.78 is 33.1. The van der Waals surface area contributed by atoms with E-state index in [-0.39, 0.29) is 11.7 Å². The first-order chi connectivity index (χ1) is 13.0. The van der Waals surface area contributed by atoms with Gasteiger partial charge in [-0.2, -0.15) is 0 Å². The number of fused-ring (bicyclic) bond motifs is 1. The Morgan fingerprint density at radius 2 is 1.63 bits per heavy atom. The predicted octanol–water partition coefficient (Wildman–Crippen LogP) is 3.49. The number of hydrogen-bond acceptors (Lipinski definition) is 4. The molecule has 144 valence electrons. The lowest BCUT2D eigenvalue weighted by molar-refractivity contribution is 0.115. The molecule has 2 aliphatic rings. The lowest BCUT2D eigenvalue weighted by Gasteiger charge is -2.22. The number of halogens is 2. The number of aromatic hydroxyl groups is 1. The highest BCUT2D eigenvalue weighted by atomic mass is 19.1. The second kappa shape index (κ2) is 7.44. The smallest absolute Gasteiger partial charge is 0.187 e. The number of nitrogens with zero attached hydrogens (tertiary/aromatic N) is 1. The number of ether oxygens (including phenoxy) is 1. The van der Waals surface area contributed by atoms with Gasteiger partial charge in [0.15, 0.2) is 17.4 Å². The number of likely N-dealkylation sites (tertiary alicyclic amines) is 1. The highest BCUT2D eigenvalue weighted by molar-refractivity contribution is 5.31. The van der Waals surface area contributed by atoms with Crippen molar-refractivity contribution in [2.75, 3.05) is 19.6 Å². The van der Waals surface area contributed by atoms with Crippen LogP contribution in [-0.2, 0) is 0 Å². The summed E-state index contributed by atoms with van der Waals surface area (Å²) in [5, 5.41) is 19.5. The highest BCUT2D eigenvalue weighted by Gasteiger charge is 2.42. The molecule has 1 saturated heterocycles. The highest BCUT2D eigenvalue weighted by Crippen LogP contribution is 2.40. The molecule has 0 bridgehead atoms. The molecular weight excluding hydrogens is 352 g/mol. The van der Waals surface area contributed by atoms with E-state index in [1.807, 2.05) is 30.3 Å². The van der Waals surface area contributed by atoms with Crippen LogP contribution in [0.1, 0.15) is 24.5 Å². The Bertz CT molecular complexity index is 764. The minimum absolute atomic E-state index is 0.144. The summed E-state index contributed by atoms with van der Waals surface area (Å²) in [7, 11) is 0. The number of β-amino-alcohol motifs (C(OH)–C–C–N with tert-alkyl or cyclic N) is 1. The van der Waals surface area contributed by atoms with E-state index >= 15 is 0 Å². The summed E-state index contributed by atoms with van der Waals surface area (Å²) in [4.78, 5) is 2.14. The lowest BCUT2D eigenvalue weighted by atomic mass is 10.0. The zero-order chi connectivity index (χ0) is 19.0. The van der Waals surface area contributed by atoms with Gasteiger partial charge < -0.3 is 14.9 Å². The Balaban J connectivity index is 1.31. The Morgan fingerprint density at radius 1 is 1.04 bits per heavy atom. The molecular formula is C21H23F2NO3. The monoisotopic (exact) mass is 375 g/mol. The summed E-state index contributed by atoms with van der Waals surface area (Å²) in [5.41, 5.74) is 0.144. The van der Waals surface area contributed by atoms with Gasteiger partial charge in [-0.25, -0.2) is 8.78 Å². The summed E-state index contributed by atoms with van der Waals surface area (Å²) in [6.07, 6.45) is 1.18. The number of aliphatic hydroxyl groups excluding tert-OH is 1. The maximum atomic E-state index is 13.5. The minimum atomic E-state index is -1.05. The van der Waals surface area contributed by atoms with Gasteiger partial charge in [0.05, 0.1) is 12.2 Å². The second-order valence-corrected chi connectivity index (χ2v) is 7.61. The number of phenolic OH excluding ortho intramolecular Hbond substituents is 1. The zero-order valence-corrected chi connectivity index (χ0v) is 14.9. The largest absolute Gasteiger partial charge is 0.503 e. The average molecular weight is 375 g/mol. The number of hydrogen-bond donors (Lipinski definition) is 2. The van der Waals surface area contributed by atoms with Crippen molar-refractivity contribution < 1.29 is 23.7 Å².